The fourth-order valence-corrected chi connectivity index (χ4v) is 1.74. The van der Waals surface area contributed by atoms with Gasteiger partial charge in [-0.1, -0.05) is 47.5 Å². The van der Waals surface area contributed by atoms with Crippen molar-refractivity contribution in [1.29, 1.82) is 10.8 Å². The number of isothiocyanates is 2. The maximum atomic E-state index is 12.2. The number of hydrogen-bond donors (Lipinski definition) is 2. The van der Waals surface area contributed by atoms with Gasteiger partial charge in [-0.2, -0.15) is 0 Å². The lowest BCUT2D eigenvalue weighted by molar-refractivity contribution is 0.103. The number of carbonyl (C=O) groups excluding carboxylic acids is 1. The summed E-state index contributed by atoms with van der Waals surface area (Å²) < 4.78 is 0. The number of ketones is 1. The number of carbonyl (C=O) groups is 1. The Morgan fingerprint density at radius 2 is 1.18 bits per heavy atom. The van der Waals surface area contributed by atoms with E-state index < -0.39 is 0 Å². The quantitative estimate of drug-likeness (QED) is 0.469. The molecule has 0 spiro atoms. The Morgan fingerprint density at radius 3 is 1.45 bits per heavy atom. The highest BCUT2D eigenvalue weighted by atomic mass is 32.1. The molecule has 0 aliphatic carbocycles. The minimum absolute atomic E-state index is 0.0902. The van der Waals surface area contributed by atoms with Crippen molar-refractivity contribution in [3.8, 4) is 0 Å². The molecular formula is C17H16N2OS2. The van der Waals surface area contributed by atoms with Gasteiger partial charge in [-0.15, -0.1) is 0 Å². The van der Waals surface area contributed by atoms with E-state index in [0.717, 1.165) is 22.3 Å². The van der Waals surface area contributed by atoms with Gasteiger partial charge >= 0.3 is 0 Å². The molecule has 0 atom stereocenters. The van der Waals surface area contributed by atoms with Crippen LogP contribution in [0, 0.1) is 24.7 Å². The van der Waals surface area contributed by atoms with Crippen LogP contribution in [0.1, 0.15) is 27.0 Å². The van der Waals surface area contributed by atoms with Crippen molar-refractivity contribution >= 4 is 40.5 Å². The van der Waals surface area contributed by atoms with E-state index in [1.54, 1.807) is 10.3 Å². The van der Waals surface area contributed by atoms with Crippen LogP contribution >= 0.6 is 24.4 Å². The van der Waals surface area contributed by atoms with Crippen LogP contribution in [-0.2, 0) is 0 Å². The van der Waals surface area contributed by atoms with E-state index >= 15 is 0 Å². The average Bonchev–Trinajstić information content (AvgIpc) is 2.48. The third-order valence-corrected chi connectivity index (χ3v) is 2.56. The maximum absolute atomic E-state index is 12.2. The van der Waals surface area contributed by atoms with Gasteiger partial charge in [0.1, 0.15) is 0 Å². The summed E-state index contributed by atoms with van der Waals surface area (Å²) in [6.45, 7) is 3.99. The number of thiocarbonyl (C=S) groups is 2. The van der Waals surface area contributed by atoms with Crippen LogP contribution in [0.25, 0.3) is 0 Å². The number of benzene rings is 2. The van der Waals surface area contributed by atoms with E-state index in [1.165, 1.54) is 0 Å². The van der Waals surface area contributed by atoms with Gasteiger partial charge in [-0.3, -0.25) is 4.79 Å². The van der Waals surface area contributed by atoms with Crippen molar-refractivity contribution in [2.24, 2.45) is 0 Å². The predicted octanol–water partition coefficient (Wildman–Crippen LogP) is 4.87. The van der Waals surface area contributed by atoms with E-state index in [2.05, 4.69) is 24.4 Å². The minimum Gasteiger partial charge on any atom is -0.289 e. The molecule has 2 aromatic carbocycles. The van der Waals surface area contributed by atoms with Crippen molar-refractivity contribution in [1.82, 2.24) is 0 Å². The standard InChI is InChI=1S/C15H14O.2CHNS/c1-11-5-3-7-13(9-11)15(16)14-8-4-6-12(2)10-14;2*2-1-3/h3-10H,1-2H3;2*2H. The lowest BCUT2D eigenvalue weighted by Crippen LogP contribution is -2.01. The second-order valence-corrected chi connectivity index (χ2v) is 4.68. The first-order valence-electron chi connectivity index (χ1n) is 6.26. The number of hydrogen-bond acceptors (Lipinski definition) is 5. The van der Waals surface area contributed by atoms with Crippen LogP contribution in [0.4, 0.5) is 0 Å². The monoisotopic (exact) mass is 328 g/mol. The Bertz CT molecular complexity index is 640. The van der Waals surface area contributed by atoms with Gasteiger partial charge in [-0.05, 0) is 50.4 Å². The molecule has 0 heterocycles. The summed E-state index contributed by atoms with van der Waals surface area (Å²) in [5.41, 5.74) is 3.73. The van der Waals surface area contributed by atoms with Crippen molar-refractivity contribution in [3.05, 3.63) is 70.8 Å². The van der Waals surface area contributed by atoms with Crippen molar-refractivity contribution in [3.63, 3.8) is 0 Å². The molecule has 3 nitrogen and oxygen atoms in total. The lowest BCUT2D eigenvalue weighted by Gasteiger charge is -2.03. The summed E-state index contributed by atoms with van der Waals surface area (Å²) in [5.74, 6) is 0.0902. The normalized spacial score (nSPS) is 8.09. The molecule has 0 aromatic heterocycles. The van der Waals surface area contributed by atoms with Crippen molar-refractivity contribution in [2.75, 3.05) is 0 Å². The molecule has 0 amide bonds. The number of aryl methyl sites for hydroxylation is 2. The third-order valence-electron chi connectivity index (χ3n) is 2.56. The van der Waals surface area contributed by atoms with Crippen molar-refractivity contribution < 1.29 is 4.79 Å². The first kappa shape index (κ1) is 19.7. The smallest absolute Gasteiger partial charge is 0.193 e. The molecule has 2 rings (SSSR count). The molecule has 2 aromatic rings. The molecule has 22 heavy (non-hydrogen) atoms. The van der Waals surface area contributed by atoms with Crippen LogP contribution < -0.4 is 0 Å². The maximum Gasteiger partial charge on any atom is 0.193 e. The SMILES string of the molecule is Cc1cccc(C(=O)c2cccc(C)c2)c1.N=C=S.N=C=S. The molecular weight excluding hydrogens is 312 g/mol. The van der Waals surface area contributed by atoms with Crippen LogP contribution in [0.3, 0.4) is 0 Å². The van der Waals surface area contributed by atoms with Crippen molar-refractivity contribution in [2.45, 2.75) is 13.8 Å². The zero-order valence-corrected chi connectivity index (χ0v) is 14.0. The first-order valence-corrected chi connectivity index (χ1v) is 7.07. The summed E-state index contributed by atoms with van der Waals surface area (Å²) in [6, 6.07) is 15.4. The molecule has 5 heteroatoms. The highest BCUT2D eigenvalue weighted by Gasteiger charge is 2.08. The molecule has 0 aliphatic rings. The van der Waals surface area contributed by atoms with Crippen LogP contribution in [0.5, 0.6) is 0 Å². The molecule has 0 saturated carbocycles. The molecule has 2 N–H and O–H groups in total. The van der Waals surface area contributed by atoms with E-state index in [0.29, 0.717) is 0 Å². The fourth-order valence-electron chi connectivity index (χ4n) is 1.74. The number of nitrogens with one attached hydrogen (secondary N) is 2. The zero-order chi connectivity index (χ0) is 17.0. The predicted molar refractivity (Wildman–Crippen MR) is 96.4 cm³/mol. The Balaban J connectivity index is 0.000000639. The summed E-state index contributed by atoms with van der Waals surface area (Å²) in [4.78, 5) is 12.2. The average molecular weight is 328 g/mol. The van der Waals surface area contributed by atoms with E-state index in [1.807, 2.05) is 62.4 Å². The summed E-state index contributed by atoms with van der Waals surface area (Å²) in [5, 5.41) is 14.7. The zero-order valence-electron chi connectivity index (χ0n) is 12.3. The summed E-state index contributed by atoms with van der Waals surface area (Å²) in [7, 11) is 0. The lowest BCUT2D eigenvalue weighted by atomic mass is 10.0. The van der Waals surface area contributed by atoms with E-state index in [4.69, 9.17) is 10.8 Å². The Morgan fingerprint density at radius 1 is 0.864 bits per heavy atom. The van der Waals surface area contributed by atoms with Gasteiger partial charge in [0.15, 0.2) is 5.78 Å². The Hall–Kier alpha value is -2.29. The van der Waals surface area contributed by atoms with E-state index in [-0.39, 0.29) is 5.78 Å². The summed E-state index contributed by atoms with van der Waals surface area (Å²) in [6.07, 6.45) is 0. The largest absolute Gasteiger partial charge is 0.289 e. The molecule has 0 fully saturated rings. The second-order valence-electron chi connectivity index (χ2n) is 4.27. The second kappa shape index (κ2) is 11.4. The van der Waals surface area contributed by atoms with Gasteiger partial charge in [0.2, 0.25) is 0 Å². The summed E-state index contributed by atoms with van der Waals surface area (Å²) >= 11 is 7.62. The van der Waals surface area contributed by atoms with Crippen LogP contribution in [0.2, 0.25) is 0 Å². The molecule has 0 unspecified atom stereocenters. The number of rotatable bonds is 2. The van der Waals surface area contributed by atoms with Gasteiger partial charge < -0.3 is 0 Å². The van der Waals surface area contributed by atoms with Gasteiger partial charge in [0.05, 0.1) is 10.3 Å². The molecule has 0 bridgehead atoms. The molecule has 0 aliphatic heterocycles. The highest BCUT2D eigenvalue weighted by Crippen LogP contribution is 2.12. The first-order chi connectivity index (χ1) is 10.5. The Kier molecular flexibility index (Phi) is 10.2. The van der Waals surface area contributed by atoms with E-state index in [9.17, 15) is 4.79 Å². The minimum atomic E-state index is 0.0902. The van der Waals surface area contributed by atoms with Gasteiger partial charge in [0.25, 0.3) is 0 Å². The Labute approximate surface area is 141 Å². The highest BCUT2D eigenvalue weighted by molar-refractivity contribution is 7.78. The molecule has 0 saturated heterocycles. The van der Waals surface area contributed by atoms with Gasteiger partial charge in [-0.25, -0.2) is 10.8 Å². The van der Waals surface area contributed by atoms with Crippen LogP contribution in [0.15, 0.2) is 48.5 Å². The topological polar surface area (TPSA) is 64.8 Å². The molecule has 112 valence electrons. The van der Waals surface area contributed by atoms with Gasteiger partial charge in [0, 0.05) is 11.1 Å². The fraction of sp³-hybridized carbons (Fsp3) is 0.118. The van der Waals surface area contributed by atoms with Crippen LogP contribution in [-0.4, -0.2) is 16.1 Å². The molecule has 0 radical (unpaired) electrons. The third kappa shape index (κ3) is 7.48.